The van der Waals surface area contributed by atoms with Gasteiger partial charge in [0.15, 0.2) is 0 Å². The molecule has 0 saturated carbocycles. The molecular weight excluding hydrogens is 383 g/mol. The molecule has 1 aliphatic rings. The molecule has 1 aliphatic heterocycles. The number of hydrogen-bond donors (Lipinski definition) is 1. The van der Waals surface area contributed by atoms with Crippen LogP contribution in [0.2, 0.25) is 5.02 Å². The Bertz CT molecular complexity index is 1060. The lowest BCUT2D eigenvalue weighted by Crippen LogP contribution is -2.33. The first-order valence-electron chi connectivity index (χ1n) is 9.11. The third kappa shape index (κ3) is 3.17. The first-order valence-corrected chi connectivity index (χ1v) is 9.49. The summed E-state index contributed by atoms with van der Waals surface area (Å²) in [5.74, 6) is 0. The van der Waals surface area contributed by atoms with Crippen molar-refractivity contribution in [3.8, 4) is 0 Å². The molecule has 3 aromatic rings. The van der Waals surface area contributed by atoms with Crippen LogP contribution in [0, 0.1) is 0 Å². The van der Waals surface area contributed by atoms with Crippen molar-refractivity contribution in [2.24, 2.45) is 0 Å². The van der Waals surface area contributed by atoms with Crippen molar-refractivity contribution in [3.63, 3.8) is 0 Å². The lowest BCUT2D eigenvalue weighted by atomic mass is 9.98. The fourth-order valence-corrected chi connectivity index (χ4v) is 3.94. The zero-order chi connectivity index (χ0) is 19.8. The van der Waals surface area contributed by atoms with Gasteiger partial charge >= 0.3 is 0 Å². The maximum Gasteiger partial charge on any atom is 0.285 e. The predicted molar refractivity (Wildman–Crippen MR) is 104 cm³/mol. The first-order chi connectivity index (χ1) is 13.5. The van der Waals surface area contributed by atoms with Gasteiger partial charge in [-0.25, -0.2) is 14.2 Å². The summed E-state index contributed by atoms with van der Waals surface area (Å²) in [4.78, 5) is 13.7. The van der Waals surface area contributed by atoms with Crippen LogP contribution in [0.25, 0.3) is 0 Å². The standard InChI is InChI=1S/C19H20ClFN6O/c1-11(21)13-5-3-4-6-14(13)12(2)27-16-7-8-26(10-15(16)23-25-27)17-9-22-24-19(28)18(17)20/h3-6,9,11-12H,7-8,10H2,1-2H3,(H,24,28)/t11?,12-/m1/s1. The largest absolute Gasteiger partial charge is 0.362 e. The van der Waals surface area contributed by atoms with Gasteiger partial charge in [-0.2, -0.15) is 5.10 Å². The number of alkyl halides is 1. The second kappa shape index (κ2) is 7.35. The van der Waals surface area contributed by atoms with E-state index in [0.717, 1.165) is 17.0 Å². The zero-order valence-electron chi connectivity index (χ0n) is 15.6. The number of hydrogen-bond acceptors (Lipinski definition) is 5. The average Bonchev–Trinajstić information content (AvgIpc) is 3.12. The molecule has 28 heavy (non-hydrogen) atoms. The van der Waals surface area contributed by atoms with Gasteiger partial charge < -0.3 is 4.90 Å². The molecule has 3 heterocycles. The molecule has 0 fully saturated rings. The minimum Gasteiger partial charge on any atom is -0.362 e. The van der Waals surface area contributed by atoms with Crippen LogP contribution in [-0.2, 0) is 13.0 Å². The molecule has 2 atom stereocenters. The Morgan fingerprint density at radius 3 is 2.75 bits per heavy atom. The fourth-order valence-electron chi connectivity index (χ4n) is 3.73. The van der Waals surface area contributed by atoms with E-state index in [-0.39, 0.29) is 11.1 Å². The van der Waals surface area contributed by atoms with E-state index in [9.17, 15) is 9.18 Å². The van der Waals surface area contributed by atoms with Crippen molar-refractivity contribution >= 4 is 17.3 Å². The number of nitrogens with one attached hydrogen (secondary N) is 1. The molecule has 0 aliphatic carbocycles. The van der Waals surface area contributed by atoms with Gasteiger partial charge in [0, 0.05) is 13.0 Å². The minimum absolute atomic E-state index is 0.116. The van der Waals surface area contributed by atoms with Crippen LogP contribution >= 0.6 is 11.6 Å². The number of halogens is 2. The molecule has 146 valence electrons. The Hall–Kier alpha value is -2.74. The number of aromatic nitrogens is 5. The summed E-state index contributed by atoms with van der Waals surface area (Å²) in [6, 6.07) is 7.35. The molecule has 0 radical (unpaired) electrons. The normalized spacial score (nSPS) is 15.9. The second-order valence-corrected chi connectivity index (χ2v) is 7.30. The van der Waals surface area contributed by atoms with Crippen LogP contribution in [0.1, 0.15) is 48.6 Å². The van der Waals surface area contributed by atoms with E-state index in [0.29, 0.717) is 30.8 Å². The van der Waals surface area contributed by atoms with E-state index in [4.69, 9.17) is 11.6 Å². The van der Waals surface area contributed by atoms with Gasteiger partial charge in [0.2, 0.25) is 0 Å². The minimum atomic E-state index is -1.06. The van der Waals surface area contributed by atoms with Crippen LogP contribution in [0.5, 0.6) is 0 Å². The van der Waals surface area contributed by atoms with E-state index in [2.05, 4.69) is 20.5 Å². The molecule has 1 unspecified atom stereocenters. The zero-order valence-corrected chi connectivity index (χ0v) is 16.3. The number of benzene rings is 1. The predicted octanol–water partition coefficient (Wildman–Crippen LogP) is 3.22. The highest BCUT2D eigenvalue weighted by Gasteiger charge is 2.27. The molecule has 0 amide bonds. The average molecular weight is 403 g/mol. The van der Waals surface area contributed by atoms with E-state index in [1.54, 1.807) is 13.1 Å². The summed E-state index contributed by atoms with van der Waals surface area (Å²) in [6.45, 7) is 4.67. The Morgan fingerprint density at radius 2 is 2.00 bits per heavy atom. The number of rotatable bonds is 4. The molecule has 9 heteroatoms. The molecule has 0 saturated heterocycles. The number of anilines is 1. The number of aromatic amines is 1. The molecule has 2 aromatic heterocycles. The van der Waals surface area contributed by atoms with Crippen molar-refractivity contribution in [2.45, 2.75) is 39.0 Å². The third-order valence-corrected chi connectivity index (χ3v) is 5.56. The van der Waals surface area contributed by atoms with Crippen LogP contribution in [0.15, 0.2) is 35.3 Å². The van der Waals surface area contributed by atoms with Crippen LogP contribution in [0.4, 0.5) is 10.1 Å². The van der Waals surface area contributed by atoms with Gasteiger partial charge in [0.25, 0.3) is 5.56 Å². The maximum atomic E-state index is 14.0. The summed E-state index contributed by atoms with van der Waals surface area (Å²) in [7, 11) is 0. The Kier molecular flexibility index (Phi) is 4.89. The lowest BCUT2D eigenvalue weighted by molar-refractivity contribution is 0.367. The Labute approximate surface area is 166 Å². The van der Waals surface area contributed by atoms with Crippen molar-refractivity contribution in [1.82, 2.24) is 25.2 Å². The quantitative estimate of drug-likeness (QED) is 0.724. The van der Waals surface area contributed by atoms with Crippen LogP contribution in [0.3, 0.4) is 0 Å². The number of H-pyrrole nitrogens is 1. The van der Waals surface area contributed by atoms with Gasteiger partial charge in [-0.15, -0.1) is 5.10 Å². The highest BCUT2D eigenvalue weighted by atomic mass is 35.5. The fraction of sp³-hybridized carbons (Fsp3) is 0.368. The molecule has 1 N–H and O–H groups in total. The van der Waals surface area contributed by atoms with Crippen molar-refractivity contribution in [1.29, 1.82) is 0 Å². The second-order valence-electron chi connectivity index (χ2n) is 6.92. The maximum absolute atomic E-state index is 14.0. The van der Waals surface area contributed by atoms with E-state index < -0.39 is 11.7 Å². The van der Waals surface area contributed by atoms with Crippen molar-refractivity contribution < 1.29 is 4.39 Å². The SMILES string of the molecule is CC(F)c1ccccc1[C@@H](C)n1nnc2c1CCN(c1cn[nH]c(=O)c1Cl)C2. The monoisotopic (exact) mass is 402 g/mol. The molecular formula is C19H20ClFN6O. The third-order valence-electron chi connectivity index (χ3n) is 5.19. The number of nitrogens with zero attached hydrogens (tertiary/aromatic N) is 5. The summed E-state index contributed by atoms with van der Waals surface area (Å²) in [5.41, 5.74) is 3.56. The smallest absolute Gasteiger partial charge is 0.285 e. The Morgan fingerprint density at radius 1 is 1.25 bits per heavy atom. The van der Waals surface area contributed by atoms with Gasteiger partial charge in [-0.1, -0.05) is 41.1 Å². The molecule has 1 aromatic carbocycles. The van der Waals surface area contributed by atoms with Crippen LogP contribution < -0.4 is 10.5 Å². The van der Waals surface area contributed by atoms with E-state index >= 15 is 0 Å². The number of fused-ring (bicyclic) bond motifs is 1. The van der Waals surface area contributed by atoms with Gasteiger partial charge in [0.1, 0.15) is 16.9 Å². The van der Waals surface area contributed by atoms with Gasteiger partial charge in [0.05, 0.1) is 30.2 Å². The van der Waals surface area contributed by atoms with Crippen molar-refractivity contribution in [3.05, 3.63) is 68.4 Å². The Balaban J connectivity index is 1.65. The van der Waals surface area contributed by atoms with Crippen molar-refractivity contribution in [2.75, 3.05) is 11.4 Å². The van der Waals surface area contributed by atoms with Gasteiger partial charge in [-0.05, 0) is 25.0 Å². The molecule has 7 nitrogen and oxygen atoms in total. The summed E-state index contributed by atoms with van der Waals surface area (Å²) in [6.07, 6.45) is 1.17. The highest BCUT2D eigenvalue weighted by Crippen LogP contribution is 2.31. The molecule has 0 spiro atoms. The summed E-state index contributed by atoms with van der Waals surface area (Å²) < 4.78 is 15.9. The summed E-state index contributed by atoms with van der Waals surface area (Å²) in [5, 5.41) is 15.0. The van der Waals surface area contributed by atoms with Gasteiger partial charge in [-0.3, -0.25) is 4.79 Å². The molecule has 0 bridgehead atoms. The first kappa shape index (κ1) is 18.6. The topological polar surface area (TPSA) is 79.7 Å². The van der Waals surface area contributed by atoms with E-state index in [1.165, 1.54) is 0 Å². The summed E-state index contributed by atoms with van der Waals surface area (Å²) >= 11 is 6.13. The van der Waals surface area contributed by atoms with Crippen LogP contribution in [-0.4, -0.2) is 31.7 Å². The lowest BCUT2D eigenvalue weighted by Gasteiger charge is -2.29. The highest BCUT2D eigenvalue weighted by molar-refractivity contribution is 6.32. The molecule has 4 rings (SSSR count). The van der Waals surface area contributed by atoms with E-state index in [1.807, 2.05) is 40.8 Å².